The van der Waals surface area contributed by atoms with E-state index in [0.29, 0.717) is 38.1 Å². The Hall–Kier alpha value is -1.44. The van der Waals surface area contributed by atoms with Gasteiger partial charge in [-0.15, -0.1) is 0 Å². The first-order chi connectivity index (χ1) is 11.2. The number of carbonyl (C=O) groups is 1. The molecule has 7 heteroatoms. The molecular weight excluding hydrogens is 330 g/mol. The number of carbonyl (C=O) groups excluding carboxylic acids is 1. The summed E-state index contributed by atoms with van der Waals surface area (Å²) in [5, 5.41) is 10.7. The maximum atomic E-state index is 12.6. The maximum Gasteiger partial charge on any atom is 0.253 e. The lowest BCUT2D eigenvalue weighted by atomic mass is 9.79. The topological polar surface area (TPSA) is 83.9 Å². The van der Waals surface area contributed by atoms with Crippen molar-refractivity contribution >= 4 is 15.7 Å². The van der Waals surface area contributed by atoms with Gasteiger partial charge in [-0.2, -0.15) is 0 Å². The molecular formula is C17H25NO5S. The molecule has 24 heavy (non-hydrogen) atoms. The van der Waals surface area contributed by atoms with Crippen molar-refractivity contribution in [2.75, 3.05) is 33.1 Å². The first-order valence-electron chi connectivity index (χ1n) is 7.98. The summed E-state index contributed by atoms with van der Waals surface area (Å²) in [6.07, 6.45) is 2.19. The number of methoxy groups -OCH3 is 1. The van der Waals surface area contributed by atoms with E-state index < -0.39 is 15.4 Å². The van der Waals surface area contributed by atoms with E-state index in [1.54, 1.807) is 12.0 Å². The van der Waals surface area contributed by atoms with Crippen LogP contribution in [0.3, 0.4) is 0 Å². The summed E-state index contributed by atoms with van der Waals surface area (Å²) < 4.78 is 28.0. The molecule has 1 aliphatic rings. The summed E-state index contributed by atoms with van der Waals surface area (Å²) in [5.41, 5.74) is -0.357. The molecule has 2 rings (SSSR count). The van der Waals surface area contributed by atoms with Gasteiger partial charge in [0.1, 0.15) is 0 Å². The van der Waals surface area contributed by atoms with Gasteiger partial charge in [-0.1, -0.05) is 6.92 Å². The minimum atomic E-state index is -3.27. The van der Waals surface area contributed by atoms with E-state index in [4.69, 9.17) is 4.74 Å². The zero-order valence-electron chi connectivity index (χ0n) is 14.4. The third kappa shape index (κ3) is 4.15. The van der Waals surface area contributed by atoms with Gasteiger partial charge < -0.3 is 14.7 Å². The zero-order chi connectivity index (χ0) is 18.0. The fourth-order valence-corrected chi connectivity index (χ4v) is 3.66. The van der Waals surface area contributed by atoms with Crippen molar-refractivity contribution in [3.8, 4) is 0 Å². The summed E-state index contributed by atoms with van der Waals surface area (Å²) in [6.45, 7) is 3.35. The number of amides is 1. The van der Waals surface area contributed by atoms with Gasteiger partial charge in [0.25, 0.3) is 5.91 Å². The Bertz CT molecular complexity index is 685. The van der Waals surface area contributed by atoms with Gasteiger partial charge in [0.2, 0.25) is 0 Å². The van der Waals surface area contributed by atoms with Crippen LogP contribution >= 0.6 is 0 Å². The second-order valence-electron chi connectivity index (χ2n) is 6.55. The summed E-state index contributed by atoms with van der Waals surface area (Å²) in [7, 11) is -1.67. The van der Waals surface area contributed by atoms with Gasteiger partial charge in [-0.05, 0) is 37.1 Å². The number of piperidine rings is 1. The fourth-order valence-electron chi connectivity index (χ4n) is 3.03. The molecule has 1 amide bonds. The predicted octanol–water partition coefficient (Wildman–Crippen LogP) is 1.34. The highest BCUT2D eigenvalue weighted by molar-refractivity contribution is 7.90. The first kappa shape index (κ1) is 18.9. The lowest BCUT2D eigenvalue weighted by molar-refractivity contribution is -0.0750. The van der Waals surface area contributed by atoms with E-state index in [0.717, 1.165) is 6.26 Å². The van der Waals surface area contributed by atoms with Crippen LogP contribution in [0.25, 0.3) is 0 Å². The van der Waals surface area contributed by atoms with Gasteiger partial charge >= 0.3 is 0 Å². The number of sulfone groups is 1. The molecule has 2 atom stereocenters. The smallest absolute Gasteiger partial charge is 0.253 e. The molecule has 0 saturated carbocycles. The van der Waals surface area contributed by atoms with E-state index in [-0.39, 0.29) is 16.7 Å². The van der Waals surface area contributed by atoms with E-state index in [1.165, 1.54) is 24.3 Å². The molecule has 1 aromatic rings. The summed E-state index contributed by atoms with van der Waals surface area (Å²) in [6, 6.07) is 5.97. The average Bonchev–Trinajstić information content (AvgIpc) is 2.54. The van der Waals surface area contributed by atoms with Crippen molar-refractivity contribution in [2.45, 2.75) is 30.3 Å². The number of benzene rings is 1. The molecule has 0 radical (unpaired) electrons. The second kappa shape index (κ2) is 7.21. The van der Waals surface area contributed by atoms with Crippen molar-refractivity contribution in [3.05, 3.63) is 29.8 Å². The number of nitrogens with zero attached hydrogens (tertiary/aromatic N) is 1. The number of likely N-dealkylation sites (tertiary alicyclic amines) is 1. The highest BCUT2D eigenvalue weighted by Crippen LogP contribution is 2.31. The maximum absolute atomic E-state index is 12.6. The minimum Gasteiger partial charge on any atom is -0.389 e. The molecule has 1 N–H and O–H groups in total. The minimum absolute atomic E-state index is 0.0550. The Morgan fingerprint density at radius 1 is 1.38 bits per heavy atom. The third-order valence-electron chi connectivity index (χ3n) is 4.78. The normalized spacial score (nSPS) is 24.8. The Balaban J connectivity index is 2.07. The van der Waals surface area contributed by atoms with E-state index >= 15 is 0 Å². The van der Waals surface area contributed by atoms with Crippen molar-refractivity contribution in [3.63, 3.8) is 0 Å². The molecule has 0 aliphatic carbocycles. The number of hydrogen-bond acceptors (Lipinski definition) is 5. The number of hydrogen-bond donors (Lipinski definition) is 1. The van der Waals surface area contributed by atoms with E-state index in [9.17, 15) is 18.3 Å². The average molecular weight is 355 g/mol. The van der Waals surface area contributed by atoms with Crippen LogP contribution in [0.15, 0.2) is 29.2 Å². The Kier molecular flexibility index (Phi) is 5.67. The van der Waals surface area contributed by atoms with Gasteiger partial charge in [0.15, 0.2) is 9.84 Å². The molecule has 0 unspecified atom stereocenters. The quantitative estimate of drug-likeness (QED) is 0.862. The number of ether oxygens (including phenoxy) is 1. The van der Waals surface area contributed by atoms with Crippen LogP contribution in [0.5, 0.6) is 0 Å². The molecule has 6 nitrogen and oxygen atoms in total. The predicted molar refractivity (Wildman–Crippen MR) is 90.7 cm³/mol. The Morgan fingerprint density at radius 3 is 2.50 bits per heavy atom. The summed E-state index contributed by atoms with van der Waals surface area (Å²) in [4.78, 5) is 14.5. The highest BCUT2D eigenvalue weighted by Gasteiger charge is 2.39. The van der Waals surface area contributed by atoms with Crippen LogP contribution in [-0.4, -0.2) is 63.0 Å². The SMILES string of the molecule is COCC[C@@]1(O)CCN(C(=O)c2ccc(S(C)(=O)=O)cc2)C[C@@H]1C. The van der Waals surface area contributed by atoms with Crippen molar-refractivity contribution in [1.29, 1.82) is 0 Å². The third-order valence-corrected chi connectivity index (χ3v) is 5.91. The molecule has 1 aliphatic heterocycles. The molecule has 1 aromatic carbocycles. The second-order valence-corrected chi connectivity index (χ2v) is 8.56. The van der Waals surface area contributed by atoms with Crippen molar-refractivity contribution in [1.82, 2.24) is 4.90 Å². The van der Waals surface area contributed by atoms with Crippen LogP contribution < -0.4 is 0 Å². The van der Waals surface area contributed by atoms with Gasteiger partial charge in [0, 0.05) is 44.5 Å². The van der Waals surface area contributed by atoms with Crippen LogP contribution in [-0.2, 0) is 14.6 Å². The van der Waals surface area contributed by atoms with Gasteiger partial charge in [-0.3, -0.25) is 4.79 Å². The molecule has 0 spiro atoms. The van der Waals surface area contributed by atoms with Crippen LogP contribution in [0.1, 0.15) is 30.1 Å². The monoisotopic (exact) mass is 355 g/mol. The summed E-state index contributed by atoms with van der Waals surface area (Å²) in [5.74, 6) is -0.198. The van der Waals surface area contributed by atoms with Crippen molar-refractivity contribution in [2.24, 2.45) is 5.92 Å². The van der Waals surface area contributed by atoms with Crippen molar-refractivity contribution < 1.29 is 23.1 Å². The molecule has 0 aromatic heterocycles. The van der Waals surface area contributed by atoms with Crippen LogP contribution in [0, 0.1) is 5.92 Å². The zero-order valence-corrected chi connectivity index (χ0v) is 15.2. The lowest BCUT2D eigenvalue weighted by Gasteiger charge is -2.43. The first-order valence-corrected chi connectivity index (χ1v) is 9.87. The molecule has 1 saturated heterocycles. The molecule has 134 valence electrons. The largest absolute Gasteiger partial charge is 0.389 e. The summed E-state index contributed by atoms with van der Waals surface area (Å²) >= 11 is 0. The molecule has 1 fully saturated rings. The Labute approximate surface area is 143 Å². The molecule has 1 heterocycles. The van der Waals surface area contributed by atoms with Gasteiger partial charge in [-0.25, -0.2) is 8.42 Å². The Morgan fingerprint density at radius 2 is 2.00 bits per heavy atom. The van der Waals surface area contributed by atoms with Gasteiger partial charge in [0.05, 0.1) is 10.5 Å². The molecule has 0 bridgehead atoms. The number of aliphatic hydroxyl groups is 1. The van der Waals surface area contributed by atoms with E-state index in [1.807, 2.05) is 6.92 Å². The van der Waals surface area contributed by atoms with Crippen LogP contribution in [0.4, 0.5) is 0 Å². The number of rotatable bonds is 5. The van der Waals surface area contributed by atoms with Crippen LogP contribution in [0.2, 0.25) is 0 Å². The fraction of sp³-hybridized carbons (Fsp3) is 0.588. The highest BCUT2D eigenvalue weighted by atomic mass is 32.2. The lowest BCUT2D eigenvalue weighted by Crippen LogP contribution is -2.52. The van der Waals surface area contributed by atoms with E-state index in [2.05, 4.69) is 0 Å². The standard InChI is InChI=1S/C17H25NO5S/c1-13-12-18(10-8-17(13,20)9-11-23-2)16(19)14-4-6-15(7-5-14)24(3,21)22/h4-7,13,20H,8-12H2,1-3H3/t13-,17-/m0/s1.